The van der Waals surface area contributed by atoms with E-state index in [9.17, 15) is 4.79 Å². The molecule has 1 amide bonds. The van der Waals surface area contributed by atoms with Crippen molar-refractivity contribution in [3.8, 4) is 0 Å². The number of rotatable bonds is 4. The molecule has 1 aliphatic heterocycles. The van der Waals surface area contributed by atoms with Gasteiger partial charge in [-0.3, -0.25) is 9.36 Å². The van der Waals surface area contributed by atoms with Crippen LogP contribution in [0.15, 0.2) is 24.3 Å². The largest absolute Gasteiger partial charge is 0.329 e. The molecule has 3 rings (SSSR count). The summed E-state index contributed by atoms with van der Waals surface area (Å²) >= 11 is 6.19. The van der Waals surface area contributed by atoms with Crippen molar-refractivity contribution in [1.82, 2.24) is 25.0 Å². The van der Waals surface area contributed by atoms with Crippen LogP contribution in [0.4, 0.5) is 0 Å². The standard InChI is InChI=1S/C15H18ClN5O.ClH/c1-10-15(22)20(8-11-5-3-4-6-12(11)16)9-14-19-18-13(7-17-2)21(10)14;/h3-6,10,17H,7-9H2,1-2H3;1H/t10-;/m0./s1. The Bertz CT molecular complexity index is 703. The van der Waals surface area contributed by atoms with Crippen molar-refractivity contribution in [2.24, 2.45) is 0 Å². The van der Waals surface area contributed by atoms with Crippen molar-refractivity contribution < 1.29 is 4.79 Å². The molecule has 0 unspecified atom stereocenters. The number of carbonyl (C=O) groups is 1. The van der Waals surface area contributed by atoms with E-state index in [4.69, 9.17) is 11.6 Å². The highest BCUT2D eigenvalue weighted by Crippen LogP contribution is 2.26. The van der Waals surface area contributed by atoms with Crippen LogP contribution in [0, 0.1) is 0 Å². The fourth-order valence-corrected chi connectivity index (χ4v) is 2.98. The minimum atomic E-state index is -0.301. The van der Waals surface area contributed by atoms with E-state index >= 15 is 0 Å². The Labute approximate surface area is 146 Å². The lowest BCUT2D eigenvalue weighted by Gasteiger charge is -2.32. The van der Waals surface area contributed by atoms with Crippen LogP contribution in [0.5, 0.6) is 0 Å². The highest BCUT2D eigenvalue weighted by molar-refractivity contribution is 6.31. The molecular formula is C15H19Cl2N5O. The summed E-state index contributed by atoms with van der Waals surface area (Å²) in [5.41, 5.74) is 0.938. The highest BCUT2D eigenvalue weighted by atomic mass is 35.5. The van der Waals surface area contributed by atoms with Crippen molar-refractivity contribution >= 4 is 29.9 Å². The fraction of sp³-hybridized carbons (Fsp3) is 0.400. The summed E-state index contributed by atoms with van der Waals surface area (Å²) in [7, 11) is 1.85. The van der Waals surface area contributed by atoms with E-state index in [1.807, 2.05) is 42.8 Å². The average molecular weight is 356 g/mol. The van der Waals surface area contributed by atoms with Crippen molar-refractivity contribution in [3.63, 3.8) is 0 Å². The summed E-state index contributed by atoms with van der Waals surface area (Å²) in [5, 5.41) is 12.1. The number of amides is 1. The molecule has 1 aromatic heterocycles. The second-order valence-electron chi connectivity index (χ2n) is 5.39. The van der Waals surface area contributed by atoms with Gasteiger partial charge in [0.15, 0.2) is 5.82 Å². The second-order valence-corrected chi connectivity index (χ2v) is 5.80. The molecule has 0 spiro atoms. The molecule has 124 valence electrons. The van der Waals surface area contributed by atoms with Gasteiger partial charge in [-0.25, -0.2) is 0 Å². The first-order valence-corrected chi connectivity index (χ1v) is 7.59. The lowest BCUT2D eigenvalue weighted by molar-refractivity contribution is -0.137. The summed E-state index contributed by atoms with van der Waals surface area (Å²) < 4.78 is 1.92. The molecule has 23 heavy (non-hydrogen) atoms. The quantitative estimate of drug-likeness (QED) is 0.912. The molecule has 0 saturated heterocycles. The fourth-order valence-electron chi connectivity index (χ4n) is 2.78. The predicted molar refractivity (Wildman–Crippen MR) is 90.5 cm³/mol. The Balaban J connectivity index is 0.00000192. The number of hydrogen-bond acceptors (Lipinski definition) is 4. The molecular weight excluding hydrogens is 337 g/mol. The Morgan fingerprint density at radius 3 is 2.78 bits per heavy atom. The third-order valence-electron chi connectivity index (χ3n) is 3.88. The van der Waals surface area contributed by atoms with Crippen LogP contribution in [0.3, 0.4) is 0 Å². The first kappa shape index (κ1) is 17.7. The number of nitrogens with zero attached hydrogens (tertiary/aromatic N) is 4. The van der Waals surface area contributed by atoms with Gasteiger partial charge in [0.2, 0.25) is 5.91 Å². The Morgan fingerprint density at radius 2 is 2.09 bits per heavy atom. The van der Waals surface area contributed by atoms with E-state index in [0.29, 0.717) is 24.7 Å². The zero-order valence-corrected chi connectivity index (χ0v) is 14.6. The van der Waals surface area contributed by atoms with Crippen LogP contribution < -0.4 is 5.32 Å². The van der Waals surface area contributed by atoms with Gasteiger partial charge in [-0.05, 0) is 25.6 Å². The van der Waals surface area contributed by atoms with Gasteiger partial charge >= 0.3 is 0 Å². The molecule has 1 N–H and O–H groups in total. The summed E-state index contributed by atoms with van der Waals surface area (Å²) in [6.07, 6.45) is 0. The van der Waals surface area contributed by atoms with Crippen molar-refractivity contribution in [2.45, 2.75) is 32.6 Å². The maximum absolute atomic E-state index is 12.6. The van der Waals surface area contributed by atoms with E-state index in [1.165, 1.54) is 0 Å². The third kappa shape index (κ3) is 3.34. The molecule has 8 heteroatoms. The number of nitrogens with one attached hydrogen (secondary N) is 1. The SMILES string of the molecule is CNCc1nnc2n1[C@@H](C)C(=O)N(Cc1ccccc1Cl)C2.Cl. The van der Waals surface area contributed by atoms with Gasteiger partial charge in [0.05, 0.1) is 13.1 Å². The van der Waals surface area contributed by atoms with Gasteiger partial charge in [0, 0.05) is 11.6 Å². The number of halogens is 2. The Hall–Kier alpha value is -1.63. The monoisotopic (exact) mass is 355 g/mol. The summed E-state index contributed by atoms with van der Waals surface area (Å²) in [5.74, 6) is 1.66. The van der Waals surface area contributed by atoms with Crippen LogP contribution in [0.1, 0.15) is 30.2 Å². The molecule has 1 atom stereocenters. The van der Waals surface area contributed by atoms with Crippen LogP contribution in [-0.4, -0.2) is 32.6 Å². The number of carbonyl (C=O) groups excluding carboxylic acids is 1. The summed E-state index contributed by atoms with van der Waals surface area (Å²) in [6.45, 7) is 3.41. The third-order valence-corrected chi connectivity index (χ3v) is 4.25. The van der Waals surface area contributed by atoms with Crippen LogP contribution in [0.2, 0.25) is 5.02 Å². The predicted octanol–water partition coefficient (Wildman–Crippen LogP) is 2.18. The average Bonchev–Trinajstić information content (AvgIpc) is 2.90. The van der Waals surface area contributed by atoms with Crippen molar-refractivity contribution in [2.75, 3.05) is 7.05 Å². The Kier molecular flexibility index (Phi) is 5.62. The number of hydrogen-bond donors (Lipinski definition) is 1. The number of aromatic nitrogens is 3. The minimum absolute atomic E-state index is 0. The molecule has 0 bridgehead atoms. The lowest BCUT2D eigenvalue weighted by Crippen LogP contribution is -2.42. The maximum atomic E-state index is 12.6. The molecule has 6 nitrogen and oxygen atoms in total. The molecule has 1 aromatic carbocycles. The first-order chi connectivity index (χ1) is 10.6. The van der Waals surface area contributed by atoms with E-state index < -0.39 is 0 Å². The zero-order chi connectivity index (χ0) is 15.7. The maximum Gasteiger partial charge on any atom is 0.246 e. The van der Waals surface area contributed by atoms with Gasteiger partial charge in [0.1, 0.15) is 11.9 Å². The zero-order valence-electron chi connectivity index (χ0n) is 13.0. The number of benzene rings is 1. The number of fused-ring (bicyclic) bond motifs is 1. The lowest BCUT2D eigenvalue weighted by atomic mass is 10.1. The molecule has 1 aliphatic rings. The molecule has 0 saturated carbocycles. The molecule has 2 aromatic rings. The second kappa shape index (κ2) is 7.29. The molecule has 0 fully saturated rings. The van der Waals surface area contributed by atoms with Gasteiger partial charge < -0.3 is 10.2 Å². The van der Waals surface area contributed by atoms with Gasteiger partial charge in [-0.2, -0.15) is 0 Å². The Morgan fingerprint density at radius 1 is 1.35 bits per heavy atom. The summed E-state index contributed by atoms with van der Waals surface area (Å²) in [4.78, 5) is 14.4. The van der Waals surface area contributed by atoms with Gasteiger partial charge in [-0.15, -0.1) is 22.6 Å². The highest BCUT2D eigenvalue weighted by Gasteiger charge is 2.33. The normalized spacial score (nSPS) is 16.9. The van der Waals surface area contributed by atoms with Crippen LogP contribution in [-0.2, 0) is 24.4 Å². The van der Waals surface area contributed by atoms with Crippen molar-refractivity contribution in [3.05, 3.63) is 46.5 Å². The first-order valence-electron chi connectivity index (χ1n) is 7.21. The van der Waals surface area contributed by atoms with E-state index in [1.54, 1.807) is 4.90 Å². The molecule has 2 heterocycles. The molecule has 0 radical (unpaired) electrons. The van der Waals surface area contributed by atoms with Gasteiger partial charge in [-0.1, -0.05) is 29.8 Å². The van der Waals surface area contributed by atoms with E-state index in [2.05, 4.69) is 15.5 Å². The topological polar surface area (TPSA) is 63.1 Å². The van der Waals surface area contributed by atoms with Crippen LogP contribution >= 0.6 is 24.0 Å². The van der Waals surface area contributed by atoms with E-state index in [0.717, 1.165) is 17.2 Å². The van der Waals surface area contributed by atoms with Gasteiger partial charge in [0.25, 0.3) is 0 Å². The smallest absolute Gasteiger partial charge is 0.246 e. The summed E-state index contributed by atoms with van der Waals surface area (Å²) in [6, 6.07) is 7.28. The minimum Gasteiger partial charge on any atom is -0.329 e. The van der Waals surface area contributed by atoms with Crippen LogP contribution in [0.25, 0.3) is 0 Å². The molecule has 0 aliphatic carbocycles. The van der Waals surface area contributed by atoms with E-state index in [-0.39, 0.29) is 24.4 Å². The van der Waals surface area contributed by atoms with Crippen molar-refractivity contribution in [1.29, 1.82) is 0 Å².